The van der Waals surface area contributed by atoms with E-state index < -0.39 is 88.2 Å². The molecule has 8 amide bonds. The highest BCUT2D eigenvalue weighted by atomic mass is 32.2. The zero-order valence-electron chi connectivity index (χ0n) is 55.0. The molecule has 1 aromatic carbocycles. The number of anilines is 2. The Morgan fingerprint density at radius 2 is 1.16 bits per heavy atom. The lowest BCUT2D eigenvalue weighted by molar-refractivity contribution is -0.130. The largest absolute Gasteiger partial charge is 0.444 e. The van der Waals surface area contributed by atoms with Crippen LogP contribution in [0.4, 0.5) is 30.9 Å². The van der Waals surface area contributed by atoms with Crippen molar-refractivity contribution >= 4 is 82.7 Å². The molecule has 0 aliphatic heterocycles. The number of rotatable bonds is 35. The Hall–Kier alpha value is -7.52. The standard InChI is InChI=1S/C61H102N14O13S/c1-15-17-29-65-52-71-47(62)46-48(72-52)75(53(80)70-46)39-41-25-27-42(28-26-41)49(77)67-38-45(76)63-30-19-18-24-43(68-51(79)44(40-89-37-16-2)69-55(82)86-59(6,7)8)50(78)64-31-22-35-73(56(83)87-60(9,10)11)33-20-21-34-74(57(84)88-61(12,13)14)36-23-32-66-54(81)85-58(3,4)5/h25-28,43-44H,15-24,29-40H2,1-14H3,(H,63,76)(H,64,78)(H,66,81)(H,67,77)(H,68,79)(H,69,82)(H,70,80)(H3,62,65,71,72)/t43-,44-/m0/s1. The summed E-state index contributed by atoms with van der Waals surface area (Å²) in [4.78, 5) is 133. The van der Waals surface area contributed by atoms with Gasteiger partial charge in [0.15, 0.2) is 11.5 Å². The summed E-state index contributed by atoms with van der Waals surface area (Å²) >= 11 is 1.46. The summed E-state index contributed by atoms with van der Waals surface area (Å²) in [5.41, 5.74) is 4.34. The van der Waals surface area contributed by atoms with Crippen LogP contribution in [0.2, 0.25) is 0 Å². The van der Waals surface area contributed by atoms with E-state index in [-0.39, 0.29) is 69.4 Å². The Bertz CT molecular complexity index is 2820. The van der Waals surface area contributed by atoms with Gasteiger partial charge in [0.25, 0.3) is 5.91 Å². The van der Waals surface area contributed by atoms with Crippen molar-refractivity contribution in [2.75, 3.05) is 81.5 Å². The average Bonchev–Trinajstić information content (AvgIpc) is 1.69. The molecule has 0 aliphatic carbocycles. The fourth-order valence-electron chi connectivity index (χ4n) is 8.37. The number of aromatic amines is 1. The van der Waals surface area contributed by atoms with Crippen LogP contribution in [0.1, 0.15) is 177 Å². The van der Waals surface area contributed by atoms with Crippen molar-refractivity contribution in [3.8, 4) is 0 Å². The minimum Gasteiger partial charge on any atom is -0.444 e. The molecule has 0 aliphatic rings. The van der Waals surface area contributed by atoms with Gasteiger partial charge in [-0.2, -0.15) is 21.7 Å². The summed E-state index contributed by atoms with van der Waals surface area (Å²) < 4.78 is 23.6. The van der Waals surface area contributed by atoms with Crippen molar-refractivity contribution in [2.45, 2.75) is 202 Å². The predicted molar refractivity (Wildman–Crippen MR) is 345 cm³/mol. The number of nitrogen functional groups attached to an aromatic ring is 1. The number of unbranched alkanes of at least 4 members (excludes halogenated alkanes) is 3. The number of carbonyl (C=O) groups excluding carboxylic acids is 8. The van der Waals surface area contributed by atoms with Crippen molar-refractivity contribution in [1.82, 2.24) is 61.2 Å². The van der Waals surface area contributed by atoms with Crippen LogP contribution in [-0.4, -0.2) is 182 Å². The molecule has 0 fully saturated rings. The van der Waals surface area contributed by atoms with E-state index in [9.17, 15) is 43.2 Å². The van der Waals surface area contributed by atoms with Crippen LogP contribution in [0.5, 0.6) is 0 Å². The Kier molecular flexibility index (Phi) is 31.3. The topological polar surface area (TPSA) is 354 Å². The van der Waals surface area contributed by atoms with E-state index in [1.807, 2.05) is 6.92 Å². The van der Waals surface area contributed by atoms with E-state index in [1.165, 1.54) is 16.3 Å². The van der Waals surface area contributed by atoms with Crippen LogP contribution in [0, 0.1) is 0 Å². The molecule has 0 saturated heterocycles. The van der Waals surface area contributed by atoms with E-state index in [2.05, 4.69) is 59.1 Å². The number of nitrogens with zero attached hydrogens (tertiary/aromatic N) is 5. The number of alkyl carbamates (subject to hydrolysis) is 2. The van der Waals surface area contributed by atoms with Crippen molar-refractivity contribution in [3.05, 3.63) is 45.9 Å². The minimum absolute atomic E-state index is 0.113. The van der Waals surface area contributed by atoms with Crippen LogP contribution >= 0.6 is 11.8 Å². The normalized spacial score (nSPS) is 12.4. The summed E-state index contributed by atoms with van der Waals surface area (Å²) in [7, 11) is 0. The molecule has 0 unspecified atom stereocenters. The SMILES string of the molecule is CCCCNc1nc(N)c2[nH]c(=O)n(Cc3ccc(C(=O)NCC(=O)NCCCC[C@H](NC(=O)[C@H](CSCCC)NC(=O)OC(C)(C)C)C(=O)NCCCN(CCCCN(CCCNC(=O)OC(C)(C)C)C(=O)OC(C)(C)C)C(=O)OC(C)(C)C)cc3)c2n1. The van der Waals surface area contributed by atoms with Gasteiger partial charge in [0, 0.05) is 63.7 Å². The van der Waals surface area contributed by atoms with Crippen LogP contribution in [0.3, 0.4) is 0 Å². The molecule has 0 spiro atoms. The molecule has 0 bridgehead atoms. The predicted octanol–water partition coefficient (Wildman–Crippen LogP) is 7.18. The molecule has 3 aromatic rings. The van der Waals surface area contributed by atoms with Gasteiger partial charge in [-0.05, 0) is 164 Å². The maximum atomic E-state index is 14.0. The van der Waals surface area contributed by atoms with E-state index in [4.69, 9.17) is 24.7 Å². The molecular formula is C61H102N14O13S. The van der Waals surface area contributed by atoms with E-state index in [0.717, 1.165) is 25.0 Å². The first kappa shape index (κ1) is 75.7. The van der Waals surface area contributed by atoms with Gasteiger partial charge in [-0.15, -0.1) is 0 Å². The summed E-state index contributed by atoms with van der Waals surface area (Å²) in [6, 6.07) is 4.46. The number of ether oxygens (including phenoxy) is 4. The second kappa shape index (κ2) is 36.8. The third kappa shape index (κ3) is 31.0. The molecule has 0 saturated carbocycles. The van der Waals surface area contributed by atoms with Crippen molar-refractivity contribution < 1.29 is 57.3 Å². The van der Waals surface area contributed by atoms with Gasteiger partial charge < -0.3 is 76.7 Å². The number of imidazole rings is 1. The lowest BCUT2D eigenvalue weighted by atomic mass is 10.1. The summed E-state index contributed by atoms with van der Waals surface area (Å²) in [6.07, 6.45) is 2.96. The fourth-order valence-corrected chi connectivity index (χ4v) is 9.30. The number of nitrogens with one attached hydrogen (secondary N) is 8. The Morgan fingerprint density at radius 1 is 0.607 bits per heavy atom. The summed E-state index contributed by atoms with van der Waals surface area (Å²) in [6.45, 7) is 27.2. The number of aromatic nitrogens is 4. The van der Waals surface area contributed by atoms with E-state index in [0.29, 0.717) is 80.8 Å². The molecular weight excluding hydrogens is 1170 g/mol. The van der Waals surface area contributed by atoms with Crippen LogP contribution in [0.15, 0.2) is 29.1 Å². The monoisotopic (exact) mass is 1270 g/mol. The third-order valence-electron chi connectivity index (χ3n) is 12.5. The van der Waals surface area contributed by atoms with Gasteiger partial charge in [-0.25, -0.2) is 24.0 Å². The highest BCUT2D eigenvalue weighted by Crippen LogP contribution is 2.19. The number of nitrogens with two attached hydrogens (primary N) is 1. The second-order valence-corrected chi connectivity index (χ2v) is 26.7. The van der Waals surface area contributed by atoms with Gasteiger partial charge in [-0.1, -0.05) is 32.4 Å². The molecule has 2 aromatic heterocycles. The highest BCUT2D eigenvalue weighted by molar-refractivity contribution is 7.99. The van der Waals surface area contributed by atoms with Gasteiger partial charge in [-0.3, -0.25) is 23.7 Å². The van der Waals surface area contributed by atoms with Crippen LogP contribution in [0.25, 0.3) is 11.2 Å². The third-order valence-corrected chi connectivity index (χ3v) is 13.8. The molecule has 500 valence electrons. The maximum absolute atomic E-state index is 14.0. The fraction of sp³-hybridized carbons (Fsp3) is 0.689. The van der Waals surface area contributed by atoms with Gasteiger partial charge in [0.05, 0.1) is 13.1 Å². The molecule has 10 N–H and O–H groups in total. The molecule has 3 rings (SSSR count). The number of H-pyrrole nitrogens is 1. The van der Waals surface area contributed by atoms with Gasteiger partial charge in [0.2, 0.25) is 23.7 Å². The number of thioether (sulfide) groups is 1. The average molecular weight is 1270 g/mol. The first-order valence-corrected chi connectivity index (χ1v) is 32.0. The van der Waals surface area contributed by atoms with Crippen molar-refractivity contribution in [1.29, 1.82) is 0 Å². The Labute approximate surface area is 528 Å². The highest BCUT2D eigenvalue weighted by Gasteiger charge is 2.30. The lowest BCUT2D eigenvalue weighted by Gasteiger charge is -2.29. The number of fused-ring (bicyclic) bond motifs is 1. The molecule has 2 heterocycles. The minimum atomic E-state index is -1.06. The molecule has 27 nitrogen and oxygen atoms in total. The van der Waals surface area contributed by atoms with Gasteiger partial charge in [0.1, 0.15) is 40.0 Å². The van der Waals surface area contributed by atoms with Gasteiger partial charge >= 0.3 is 30.1 Å². The zero-order chi connectivity index (χ0) is 66.5. The van der Waals surface area contributed by atoms with Crippen molar-refractivity contribution in [2.24, 2.45) is 0 Å². The lowest BCUT2D eigenvalue weighted by Crippen LogP contribution is -2.55. The zero-order valence-corrected chi connectivity index (χ0v) is 55.9. The molecule has 89 heavy (non-hydrogen) atoms. The number of carbonyl (C=O) groups is 8. The number of hydrogen-bond acceptors (Lipinski definition) is 18. The molecule has 28 heteroatoms. The Morgan fingerprint density at radius 3 is 1.72 bits per heavy atom. The Balaban J connectivity index is 1.64. The summed E-state index contributed by atoms with van der Waals surface area (Å²) in [5, 5.41) is 19.6. The first-order valence-electron chi connectivity index (χ1n) is 30.9. The van der Waals surface area contributed by atoms with E-state index >= 15 is 0 Å². The number of hydrogen-bond donors (Lipinski definition) is 9. The smallest absolute Gasteiger partial charge is 0.410 e. The second-order valence-electron chi connectivity index (χ2n) is 25.6. The van der Waals surface area contributed by atoms with E-state index in [1.54, 1.807) is 117 Å². The quantitative estimate of drug-likeness (QED) is 0.0208. The molecule has 2 atom stereocenters. The van der Waals surface area contributed by atoms with Crippen molar-refractivity contribution in [3.63, 3.8) is 0 Å². The van der Waals surface area contributed by atoms with Crippen LogP contribution < -0.4 is 48.6 Å². The maximum Gasteiger partial charge on any atom is 0.410 e. The van der Waals surface area contributed by atoms with Crippen LogP contribution in [-0.2, 0) is 39.9 Å². The summed E-state index contributed by atoms with van der Waals surface area (Å²) in [5.74, 6) is -0.652. The molecule has 0 radical (unpaired) electrons. The number of benzene rings is 1. The first-order chi connectivity index (χ1) is 41.7. The number of amides is 8.